The highest BCUT2D eigenvalue weighted by molar-refractivity contribution is 7.89. The molecule has 0 bridgehead atoms. The van der Waals surface area contributed by atoms with Crippen molar-refractivity contribution >= 4 is 33.2 Å². The molecule has 3 rings (SSSR count). The predicted molar refractivity (Wildman–Crippen MR) is 106 cm³/mol. The minimum Gasteiger partial charge on any atom is -0.308 e. The van der Waals surface area contributed by atoms with Crippen molar-refractivity contribution in [1.29, 1.82) is 0 Å². The molecule has 0 radical (unpaired) electrons. The van der Waals surface area contributed by atoms with E-state index >= 15 is 0 Å². The number of pyridine rings is 1. The van der Waals surface area contributed by atoms with Crippen LogP contribution in [-0.4, -0.2) is 43.2 Å². The molecule has 1 aliphatic rings. The van der Waals surface area contributed by atoms with Gasteiger partial charge >= 0.3 is 0 Å². The van der Waals surface area contributed by atoms with E-state index in [1.54, 1.807) is 29.2 Å². The highest BCUT2D eigenvalue weighted by Gasteiger charge is 2.27. The first kappa shape index (κ1) is 19.8. The van der Waals surface area contributed by atoms with Crippen LogP contribution in [0.25, 0.3) is 0 Å². The molecule has 6 nitrogen and oxygen atoms in total. The normalized spacial score (nSPS) is 14.3. The van der Waals surface area contributed by atoms with Crippen LogP contribution in [0.15, 0.2) is 41.4 Å². The molecule has 1 aliphatic heterocycles. The SMILES string of the molecule is CCN(CC)S(=O)(=O)c1ccc2c(c1)CCCN2C(=O)c1ccnc(Cl)c1. The Morgan fingerprint density at radius 1 is 1.22 bits per heavy atom. The fourth-order valence-electron chi connectivity index (χ4n) is 3.35. The predicted octanol–water partition coefficient (Wildman–Crippen LogP) is 3.36. The second kappa shape index (κ2) is 7.96. The third-order valence-corrected chi connectivity index (χ3v) is 6.98. The van der Waals surface area contributed by atoms with E-state index in [1.165, 1.54) is 16.6 Å². The fourth-order valence-corrected chi connectivity index (χ4v) is 5.03. The van der Waals surface area contributed by atoms with Crippen LogP contribution in [0, 0.1) is 0 Å². The Hall–Kier alpha value is -1.96. The summed E-state index contributed by atoms with van der Waals surface area (Å²) < 4.78 is 27.0. The van der Waals surface area contributed by atoms with Gasteiger partial charge in [0.1, 0.15) is 5.15 Å². The quantitative estimate of drug-likeness (QED) is 0.712. The highest BCUT2D eigenvalue weighted by atomic mass is 35.5. The van der Waals surface area contributed by atoms with Crippen molar-refractivity contribution in [2.75, 3.05) is 24.5 Å². The highest BCUT2D eigenvalue weighted by Crippen LogP contribution is 2.31. The molecule has 0 N–H and O–H groups in total. The topological polar surface area (TPSA) is 70.6 Å². The lowest BCUT2D eigenvalue weighted by molar-refractivity contribution is 0.0985. The maximum absolute atomic E-state index is 12.9. The molecule has 0 spiro atoms. The van der Waals surface area contributed by atoms with Gasteiger partial charge in [-0.05, 0) is 48.7 Å². The molecule has 1 aromatic carbocycles. The zero-order chi connectivity index (χ0) is 19.6. The summed E-state index contributed by atoms with van der Waals surface area (Å²) in [4.78, 5) is 18.8. The number of amides is 1. The van der Waals surface area contributed by atoms with E-state index in [-0.39, 0.29) is 16.0 Å². The molecule has 0 saturated heterocycles. The van der Waals surface area contributed by atoms with E-state index in [4.69, 9.17) is 11.6 Å². The number of hydrogen-bond donors (Lipinski definition) is 0. The van der Waals surface area contributed by atoms with Crippen molar-refractivity contribution in [2.45, 2.75) is 31.6 Å². The van der Waals surface area contributed by atoms with Gasteiger partial charge in [0.15, 0.2) is 0 Å². The van der Waals surface area contributed by atoms with E-state index in [0.29, 0.717) is 25.2 Å². The van der Waals surface area contributed by atoms with Gasteiger partial charge in [0.05, 0.1) is 4.90 Å². The Balaban J connectivity index is 1.97. The lowest BCUT2D eigenvalue weighted by Gasteiger charge is -2.30. The standard InChI is InChI=1S/C19H22ClN3O3S/c1-3-22(4-2)27(25,26)16-7-8-17-14(12-16)6-5-11-23(17)19(24)15-9-10-21-18(20)13-15/h7-10,12-13H,3-6,11H2,1-2H3. The number of fused-ring (bicyclic) bond motifs is 1. The van der Waals surface area contributed by atoms with Crippen molar-refractivity contribution in [2.24, 2.45) is 0 Å². The van der Waals surface area contributed by atoms with E-state index in [1.807, 2.05) is 13.8 Å². The van der Waals surface area contributed by atoms with Crippen molar-refractivity contribution < 1.29 is 13.2 Å². The first-order valence-corrected chi connectivity index (χ1v) is 10.8. The number of halogens is 1. The Bertz CT molecular complexity index is 958. The Kier molecular flexibility index (Phi) is 5.83. The van der Waals surface area contributed by atoms with Gasteiger partial charge in [0.2, 0.25) is 10.0 Å². The molecule has 8 heteroatoms. The van der Waals surface area contributed by atoms with E-state index in [9.17, 15) is 13.2 Å². The molecule has 27 heavy (non-hydrogen) atoms. The summed E-state index contributed by atoms with van der Waals surface area (Å²) in [7, 11) is -3.53. The van der Waals surface area contributed by atoms with Crippen LogP contribution in [0.2, 0.25) is 5.15 Å². The first-order chi connectivity index (χ1) is 12.9. The van der Waals surface area contributed by atoms with E-state index in [0.717, 1.165) is 24.1 Å². The fraction of sp³-hybridized carbons (Fsp3) is 0.368. The second-order valence-corrected chi connectivity index (χ2v) is 8.63. The summed E-state index contributed by atoms with van der Waals surface area (Å²) >= 11 is 5.90. The summed E-state index contributed by atoms with van der Waals surface area (Å²) in [6, 6.07) is 8.17. The van der Waals surface area contributed by atoms with Crippen LogP contribution in [0.3, 0.4) is 0 Å². The largest absolute Gasteiger partial charge is 0.308 e. The van der Waals surface area contributed by atoms with Crippen LogP contribution in [0.1, 0.15) is 36.2 Å². The molecule has 144 valence electrons. The molecular formula is C19H22ClN3O3S. The van der Waals surface area contributed by atoms with Crippen LogP contribution >= 0.6 is 11.6 Å². The number of carbonyl (C=O) groups excluding carboxylic acids is 1. The third kappa shape index (κ3) is 3.85. The average Bonchev–Trinajstić information content (AvgIpc) is 2.67. The Morgan fingerprint density at radius 2 is 1.96 bits per heavy atom. The van der Waals surface area contributed by atoms with Crippen molar-refractivity contribution in [3.63, 3.8) is 0 Å². The van der Waals surface area contributed by atoms with Crippen molar-refractivity contribution in [3.05, 3.63) is 52.8 Å². The summed E-state index contributed by atoms with van der Waals surface area (Å²) in [5.41, 5.74) is 2.07. The summed E-state index contributed by atoms with van der Waals surface area (Å²) in [5.74, 6) is -0.167. The van der Waals surface area contributed by atoms with Gasteiger partial charge in [-0.3, -0.25) is 4.79 Å². The second-order valence-electron chi connectivity index (χ2n) is 6.31. The number of aromatic nitrogens is 1. The smallest absolute Gasteiger partial charge is 0.258 e. The number of benzene rings is 1. The lowest BCUT2D eigenvalue weighted by Crippen LogP contribution is -2.36. The number of sulfonamides is 1. The Morgan fingerprint density at radius 3 is 2.63 bits per heavy atom. The summed E-state index contributed by atoms with van der Waals surface area (Å²) in [5, 5.41) is 0.263. The first-order valence-electron chi connectivity index (χ1n) is 8.95. The number of aryl methyl sites for hydroxylation is 1. The number of anilines is 1. The zero-order valence-electron chi connectivity index (χ0n) is 15.4. The van der Waals surface area contributed by atoms with Gasteiger partial charge < -0.3 is 4.90 Å². The average molecular weight is 408 g/mol. The molecule has 0 unspecified atom stereocenters. The van der Waals surface area contributed by atoms with Crippen molar-refractivity contribution in [3.8, 4) is 0 Å². The summed E-state index contributed by atoms with van der Waals surface area (Å²) in [6.45, 7) is 5.06. The Labute approximate surface area is 164 Å². The van der Waals surface area contributed by atoms with Gasteiger partial charge in [0, 0.05) is 37.1 Å². The molecule has 2 heterocycles. The number of nitrogens with zero attached hydrogens (tertiary/aromatic N) is 3. The maximum atomic E-state index is 12.9. The molecule has 1 aromatic heterocycles. The van der Waals surface area contributed by atoms with E-state index < -0.39 is 10.0 Å². The molecule has 0 atom stereocenters. The van der Waals surface area contributed by atoms with Crippen LogP contribution in [-0.2, 0) is 16.4 Å². The lowest BCUT2D eigenvalue weighted by atomic mass is 10.0. The monoisotopic (exact) mass is 407 g/mol. The van der Waals surface area contributed by atoms with Gasteiger partial charge in [0.25, 0.3) is 5.91 Å². The number of rotatable bonds is 5. The van der Waals surface area contributed by atoms with Crippen LogP contribution in [0.5, 0.6) is 0 Å². The van der Waals surface area contributed by atoms with Crippen molar-refractivity contribution in [1.82, 2.24) is 9.29 Å². The van der Waals surface area contributed by atoms with Gasteiger partial charge in [-0.2, -0.15) is 4.31 Å². The maximum Gasteiger partial charge on any atom is 0.258 e. The van der Waals surface area contributed by atoms with E-state index in [2.05, 4.69) is 4.98 Å². The van der Waals surface area contributed by atoms with Gasteiger partial charge in [-0.15, -0.1) is 0 Å². The van der Waals surface area contributed by atoms with Crippen LogP contribution < -0.4 is 4.90 Å². The number of hydrogen-bond acceptors (Lipinski definition) is 4. The van der Waals surface area contributed by atoms with Crippen LogP contribution in [0.4, 0.5) is 5.69 Å². The molecule has 2 aromatic rings. The minimum atomic E-state index is -3.53. The third-order valence-electron chi connectivity index (χ3n) is 4.73. The zero-order valence-corrected chi connectivity index (χ0v) is 16.9. The minimum absolute atomic E-state index is 0.167. The number of carbonyl (C=O) groups is 1. The molecule has 0 aliphatic carbocycles. The molecule has 1 amide bonds. The molecule has 0 fully saturated rings. The van der Waals surface area contributed by atoms with Gasteiger partial charge in [-0.25, -0.2) is 13.4 Å². The molecular weight excluding hydrogens is 386 g/mol. The summed E-state index contributed by atoms with van der Waals surface area (Å²) in [6.07, 6.45) is 3.00. The molecule has 0 saturated carbocycles. The van der Waals surface area contributed by atoms with Gasteiger partial charge in [-0.1, -0.05) is 25.4 Å².